The molecule has 3 N–H and O–H groups in total. The molecule has 136 valence electrons. The van der Waals surface area contributed by atoms with Gasteiger partial charge in [-0.2, -0.15) is 13.2 Å². The van der Waals surface area contributed by atoms with E-state index in [1.165, 1.54) is 6.07 Å². The number of nitrogens with two attached hydrogens (primary N) is 1. The first-order chi connectivity index (χ1) is 11.1. The van der Waals surface area contributed by atoms with Gasteiger partial charge in [0.15, 0.2) is 0 Å². The van der Waals surface area contributed by atoms with Gasteiger partial charge in [-0.3, -0.25) is 4.79 Å². The van der Waals surface area contributed by atoms with Crippen molar-refractivity contribution in [2.75, 3.05) is 11.9 Å². The Labute approximate surface area is 140 Å². The normalized spacial score (nSPS) is 13.2. The van der Waals surface area contributed by atoms with E-state index in [1.54, 1.807) is 0 Å². The largest absolute Gasteiger partial charge is 0.416 e. The minimum Gasteiger partial charge on any atom is -0.378 e. The van der Waals surface area contributed by atoms with Crippen LogP contribution in [-0.4, -0.2) is 18.6 Å². The van der Waals surface area contributed by atoms with Gasteiger partial charge >= 0.3 is 6.18 Å². The van der Waals surface area contributed by atoms with Crippen LogP contribution >= 0.6 is 0 Å². The Morgan fingerprint density at radius 3 is 2.46 bits per heavy atom. The second-order valence-corrected chi connectivity index (χ2v) is 6.23. The monoisotopic (exact) mass is 346 g/mol. The van der Waals surface area contributed by atoms with Gasteiger partial charge in [-0.25, -0.2) is 0 Å². The summed E-state index contributed by atoms with van der Waals surface area (Å²) in [6, 6.07) is 3.32. The van der Waals surface area contributed by atoms with Crippen LogP contribution in [0.15, 0.2) is 18.2 Å². The fourth-order valence-corrected chi connectivity index (χ4v) is 2.35. The molecule has 1 aromatic carbocycles. The number of rotatable bonds is 8. The average molecular weight is 346 g/mol. The number of anilines is 1. The van der Waals surface area contributed by atoms with Crippen LogP contribution in [0, 0.1) is 5.92 Å². The summed E-state index contributed by atoms with van der Waals surface area (Å²) >= 11 is 0. The third-order valence-electron chi connectivity index (χ3n) is 3.37. The van der Waals surface area contributed by atoms with Crippen molar-refractivity contribution in [3.63, 3.8) is 0 Å². The predicted octanol–water partition coefficient (Wildman–Crippen LogP) is 3.94. The highest BCUT2D eigenvalue weighted by Gasteiger charge is 2.31. The maximum atomic E-state index is 12.8. The molecule has 0 heterocycles. The van der Waals surface area contributed by atoms with Crippen LogP contribution in [0.1, 0.15) is 44.7 Å². The summed E-state index contributed by atoms with van der Waals surface area (Å²) in [5, 5.41) is 2.47. The van der Waals surface area contributed by atoms with Crippen molar-refractivity contribution in [2.45, 2.75) is 52.4 Å². The van der Waals surface area contributed by atoms with Crippen molar-refractivity contribution in [1.29, 1.82) is 0 Å². The average Bonchev–Trinajstić information content (AvgIpc) is 2.45. The zero-order valence-corrected chi connectivity index (χ0v) is 14.2. The van der Waals surface area contributed by atoms with Gasteiger partial charge in [0.2, 0.25) is 5.91 Å². The Morgan fingerprint density at radius 1 is 1.25 bits per heavy atom. The lowest BCUT2D eigenvalue weighted by atomic mass is 10.1. The van der Waals surface area contributed by atoms with Gasteiger partial charge in [-0.05, 0) is 43.0 Å². The number of hydrogen-bond donors (Lipinski definition) is 2. The Bertz CT molecular complexity index is 545. The molecular formula is C17H25F3N2O2. The van der Waals surface area contributed by atoms with E-state index in [4.69, 9.17) is 10.5 Å². The molecule has 0 saturated heterocycles. The van der Waals surface area contributed by atoms with E-state index in [1.807, 2.05) is 6.92 Å². The number of hydrogen-bond acceptors (Lipinski definition) is 3. The first kappa shape index (κ1) is 20.4. The topological polar surface area (TPSA) is 64.3 Å². The van der Waals surface area contributed by atoms with Crippen LogP contribution in [0.3, 0.4) is 0 Å². The Hall–Kier alpha value is -1.60. The zero-order chi connectivity index (χ0) is 18.3. The molecule has 0 aliphatic heterocycles. The van der Waals surface area contributed by atoms with Crippen LogP contribution < -0.4 is 11.1 Å². The lowest BCUT2D eigenvalue weighted by Gasteiger charge is -2.15. The van der Waals surface area contributed by atoms with Gasteiger partial charge in [0.25, 0.3) is 0 Å². The third-order valence-corrected chi connectivity index (χ3v) is 3.37. The molecule has 0 saturated carbocycles. The zero-order valence-electron chi connectivity index (χ0n) is 14.2. The number of amides is 1. The Morgan fingerprint density at radius 2 is 1.92 bits per heavy atom. The van der Waals surface area contributed by atoms with Gasteiger partial charge in [-0.15, -0.1) is 0 Å². The minimum absolute atomic E-state index is 0.0372. The summed E-state index contributed by atoms with van der Waals surface area (Å²) in [5.41, 5.74) is 4.98. The van der Waals surface area contributed by atoms with Crippen LogP contribution in [0.25, 0.3) is 0 Å². The van der Waals surface area contributed by atoms with Crippen molar-refractivity contribution >= 4 is 11.6 Å². The first-order valence-corrected chi connectivity index (χ1v) is 7.94. The molecular weight excluding hydrogens is 321 g/mol. The Balaban J connectivity index is 2.60. The van der Waals surface area contributed by atoms with E-state index < -0.39 is 17.6 Å². The van der Waals surface area contributed by atoms with E-state index in [2.05, 4.69) is 19.2 Å². The quantitative estimate of drug-likeness (QED) is 0.749. The van der Waals surface area contributed by atoms with Gasteiger partial charge in [0, 0.05) is 12.2 Å². The lowest BCUT2D eigenvalue weighted by molar-refractivity contribution is -0.137. The van der Waals surface area contributed by atoms with Crippen molar-refractivity contribution < 1.29 is 22.7 Å². The van der Waals surface area contributed by atoms with E-state index in [9.17, 15) is 18.0 Å². The second kappa shape index (κ2) is 9.03. The first-order valence-electron chi connectivity index (χ1n) is 7.94. The molecule has 1 aromatic rings. The lowest BCUT2D eigenvalue weighted by Crippen LogP contribution is -2.18. The molecule has 1 amide bonds. The van der Waals surface area contributed by atoms with E-state index in [0.717, 1.165) is 18.6 Å². The van der Waals surface area contributed by atoms with Crippen molar-refractivity contribution in [1.82, 2.24) is 0 Å². The molecule has 0 fully saturated rings. The van der Waals surface area contributed by atoms with E-state index in [0.29, 0.717) is 11.5 Å². The molecule has 0 bridgehead atoms. The predicted molar refractivity (Wildman–Crippen MR) is 87.5 cm³/mol. The fraction of sp³-hybridized carbons (Fsp3) is 0.588. The molecule has 1 unspecified atom stereocenters. The number of nitrogens with one attached hydrogen (secondary N) is 1. The highest BCUT2D eigenvalue weighted by molar-refractivity contribution is 5.91. The molecule has 1 atom stereocenters. The summed E-state index contributed by atoms with van der Waals surface area (Å²) in [5.74, 6) is 0.0997. The summed E-state index contributed by atoms with van der Waals surface area (Å²) in [4.78, 5) is 11.9. The smallest absolute Gasteiger partial charge is 0.378 e. The van der Waals surface area contributed by atoms with Gasteiger partial charge in [0.05, 0.1) is 24.7 Å². The molecule has 0 aliphatic rings. The van der Waals surface area contributed by atoms with Gasteiger partial charge in [0.1, 0.15) is 0 Å². The van der Waals surface area contributed by atoms with E-state index in [-0.39, 0.29) is 31.4 Å². The SMILES string of the molecule is CC(C)CC(C)OCCC(=O)Nc1cc(CN)cc(C(F)(F)F)c1. The molecule has 24 heavy (non-hydrogen) atoms. The highest BCUT2D eigenvalue weighted by atomic mass is 19.4. The maximum Gasteiger partial charge on any atom is 0.416 e. The molecule has 4 nitrogen and oxygen atoms in total. The van der Waals surface area contributed by atoms with Gasteiger partial charge in [-0.1, -0.05) is 13.8 Å². The maximum absolute atomic E-state index is 12.8. The summed E-state index contributed by atoms with van der Waals surface area (Å²) in [7, 11) is 0. The highest BCUT2D eigenvalue weighted by Crippen LogP contribution is 2.32. The molecule has 0 spiro atoms. The summed E-state index contributed by atoms with van der Waals surface area (Å²) in [6.45, 7) is 6.27. The minimum atomic E-state index is -4.49. The number of carbonyl (C=O) groups is 1. The Kier molecular flexibility index (Phi) is 7.69. The standard InChI is InChI=1S/C17H25F3N2O2/c1-11(2)6-12(3)24-5-4-16(23)22-15-8-13(10-21)7-14(9-15)17(18,19)20/h7-9,11-12H,4-6,10,21H2,1-3H3,(H,22,23). The van der Waals surface area contributed by atoms with Crippen LogP contribution in [0.5, 0.6) is 0 Å². The second-order valence-electron chi connectivity index (χ2n) is 6.23. The number of alkyl halides is 3. The number of carbonyl (C=O) groups excluding carboxylic acids is 1. The van der Waals surface area contributed by atoms with Crippen LogP contribution in [-0.2, 0) is 22.3 Å². The van der Waals surface area contributed by atoms with Gasteiger partial charge < -0.3 is 15.8 Å². The molecule has 0 aliphatic carbocycles. The van der Waals surface area contributed by atoms with Crippen molar-refractivity contribution in [3.05, 3.63) is 29.3 Å². The van der Waals surface area contributed by atoms with Crippen molar-refractivity contribution in [3.8, 4) is 0 Å². The molecule has 1 rings (SSSR count). The number of ether oxygens (including phenoxy) is 1. The molecule has 7 heteroatoms. The molecule has 0 radical (unpaired) electrons. The fourth-order valence-electron chi connectivity index (χ4n) is 2.35. The summed E-state index contributed by atoms with van der Waals surface area (Å²) < 4.78 is 44.1. The number of benzene rings is 1. The third kappa shape index (κ3) is 7.31. The van der Waals surface area contributed by atoms with E-state index >= 15 is 0 Å². The number of halogens is 3. The summed E-state index contributed by atoms with van der Waals surface area (Å²) in [6.07, 6.45) is -3.48. The van der Waals surface area contributed by atoms with Crippen molar-refractivity contribution in [2.24, 2.45) is 11.7 Å². The molecule has 0 aromatic heterocycles. The van der Waals surface area contributed by atoms with Crippen LogP contribution in [0.4, 0.5) is 18.9 Å². The van der Waals surface area contributed by atoms with Crippen LogP contribution in [0.2, 0.25) is 0 Å².